The lowest BCUT2D eigenvalue weighted by Gasteiger charge is -2.23. The Balaban J connectivity index is 0.00000141. The lowest BCUT2D eigenvalue weighted by molar-refractivity contribution is 0.443. The van der Waals surface area contributed by atoms with E-state index in [1.807, 2.05) is 26.0 Å². The van der Waals surface area contributed by atoms with Crippen LogP contribution in [0.15, 0.2) is 66.7 Å². The maximum atomic E-state index is 9.47. The van der Waals surface area contributed by atoms with Crippen LogP contribution in [-0.4, -0.2) is 5.11 Å². The first-order chi connectivity index (χ1) is 15.7. The van der Waals surface area contributed by atoms with Gasteiger partial charge in [-0.1, -0.05) is 74.5 Å². The van der Waals surface area contributed by atoms with Crippen molar-refractivity contribution in [2.45, 2.75) is 58.8 Å². The van der Waals surface area contributed by atoms with Gasteiger partial charge in [0.05, 0.1) is 0 Å². The second-order valence-corrected chi connectivity index (χ2v) is 8.05. The van der Waals surface area contributed by atoms with Crippen molar-refractivity contribution in [1.82, 2.24) is 0 Å². The molecule has 0 aliphatic heterocycles. The Morgan fingerprint density at radius 3 is 1.84 bits per heavy atom. The molecule has 0 atom stereocenters. The maximum absolute atomic E-state index is 9.47. The van der Waals surface area contributed by atoms with Gasteiger partial charge in [-0.25, -0.2) is 0 Å². The van der Waals surface area contributed by atoms with Crippen LogP contribution in [0, 0.1) is 30.6 Å². The number of benzene rings is 3. The van der Waals surface area contributed by atoms with E-state index in [9.17, 15) is 5.11 Å². The highest BCUT2D eigenvalue weighted by Gasteiger charge is 2.18. The summed E-state index contributed by atoms with van der Waals surface area (Å²) in [7, 11) is 0. The van der Waals surface area contributed by atoms with Crippen LogP contribution in [0.5, 0.6) is 5.75 Å². The molecule has 0 radical (unpaired) electrons. The molecule has 1 heteroatoms. The molecule has 0 aromatic heterocycles. The van der Waals surface area contributed by atoms with Crippen LogP contribution in [0.3, 0.4) is 0 Å². The molecule has 32 heavy (non-hydrogen) atoms. The second-order valence-electron chi connectivity index (χ2n) is 8.05. The molecule has 0 amide bonds. The quantitative estimate of drug-likeness (QED) is 0.402. The molecular weight excluding hydrogens is 388 g/mol. The van der Waals surface area contributed by atoms with Crippen LogP contribution in [0.1, 0.15) is 85.3 Å². The first-order valence-electron chi connectivity index (χ1n) is 11.7. The van der Waals surface area contributed by atoms with Gasteiger partial charge in [0.1, 0.15) is 5.75 Å². The molecule has 162 valence electrons. The van der Waals surface area contributed by atoms with Gasteiger partial charge >= 0.3 is 0 Å². The topological polar surface area (TPSA) is 20.2 Å². The van der Waals surface area contributed by atoms with Crippen molar-refractivity contribution in [1.29, 1.82) is 0 Å². The van der Waals surface area contributed by atoms with E-state index in [0.717, 1.165) is 22.3 Å². The molecule has 1 aliphatic carbocycles. The molecular formula is C31H32O. The van der Waals surface area contributed by atoms with Gasteiger partial charge in [0.25, 0.3) is 0 Å². The number of rotatable bonds is 1. The Labute approximate surface area is 193 Å². The Kier molecular flexibility index (Phi) is 8.60. The third kappa shape index (κ3) is 6.54. The fraction of sp³-hybridized carbons (Fsp3) is 0.290. The van der Waals surface area contributed by atoms with E-state index in [2.05, 4.69) is 73.1 Å². The molecule has 3 aromatic rings. The van der Waals surface area contributed by atoms with Gasteiger partial charge in [0, 0.05) is 22.3 Å². The normalized spacial score (nSPS) is 13.0. The Morgan fingerprint density at radius 2 is 1.19 bits per heavy atom. The van der Waals surface area contributed by atoms with Crippen molar-refractivity contribution >= 4 is 0 Å². The third-order valence-electron chi connectivity index (χ3n) is 5.71. The number of aryl methyl sites for hydroxylation is 1. The van der Waals surface area contributed by atoms with E-state index in [0.29, 0.717) is 5.92 Å². The zero-order chi connectivity index (χ0) is 22.8. The van der Waals surface area contributed by atoms with E-state index < -0.39 is 0 Å². The highest BCUT2D eigenvalue weighted by Crippen LogP contribution is 2.34. The van der Waals surface area contributed by atoms with Crippen molar-refractivity contribution in [3.05, 3.63) is 100 Å². The van der Waals surface area contributed by atoms with Gasteiger partial charge in [-0.05, 0) is 85.8 Å². The number of aromatic hydroxyl groups is 1. The zero-order valence-electron chi connectivity index (χ0n) is 19.4. The van der Waals surface area contributed by atoms with Gasteiger partial charge in [0.15, 0.2) is 0 Å². The van der Waals surface area contributed by atoms with Crippen LogP contribution in [0.4, 0.5) is 0 Å². The minimum absolute atomic E-state index is 0.264. The van der Waals surface area contributed by atoms with Crippen LogP contribution < -0.4 is 0 Å². The monoisotopic (exact) mass is 420 g/mol. The summed E-state index contributed by atoms with van der Waals surface area (Å²) in [5, 5.41) is 9.47. The smallest absolute Gasteiger partial charge is 0.115 e. The van der Waals surface area contributed by atoms with Gasteiger partial charge in [-0.15, -0.1) is 0 Å². The molecule has 0 unspecified atom stereocenters. The van der Waals surface area contributed by atoms with Gasteiger partial charge in [-0.3, -0.25) is 0 Å². The minimum atomic E-state index is 0.264. The standard InChI is InChI=1S/C29H26O.C2H6/c1-22-7-9-23(10-8-22)11-12-25-14-18-27(17-13-24-15-19-28(30)20-16-24)29(21-25)26-5-3-2-4-6-26;1-2/h7-10,14-16,18-21,26,30H,2-6H2,1H3;1-2H3. The Hall–Kier alpha value is -3.42. The first-order valence-corrected chi connectivity index (χ1v) is 11.7. The van der Waals surface area contributed by atoms with Crippen LogP contribution in [-0.2, 0) is 0 Å². The van der Waals surface area contributed by atoms with Crippen molar-refractivity contribution in [2.75, 3.05) is 0 Å². The first kappa shape index (κ1) is 23.2. The third-order valence-corrected chi connectivity index (χ3v) is 5.71. The number of phenolic OH excluding ortho intramolecular Hbond substituents is 1. The molecule has 1 saturated carbocycles. The molecule has 3 aromatic carbocycles. The number of hydrogen-bond acceptors (Lipinski definition) is 1. The summed E-state index contributed by atoms with van der Waals surface area (Å²) in [4.78, 5) is 0. The summed E-state index contributed by atoms with van der Waals surface area (Å²) in [5.41, 5.74) is 6.66. The van der Waals surface area contributed by atoms with Crippen molar-refractivity contribution in [2.24, 2.45) is 0 Å². The van der Waals surface area contributed by atoms with Crippen LogP contribution >= 0.6 is 0 Å². The van der Waals surface area contributed by atoms with E-state index in [1.165, 1.54) is 43.2 Å². The van der Waals surface area contributed by atoms with E-state index in [-0.39, 0.29) is 5.75 Å². The summed E-state index contributed by atoms with van der Waals surface area (Å²) in [6.07, 6.45) is 6.35. The maximum Gasteiger partial charge on any atom is 0.115 e. The van der Waals surface area contributed by atoms with E-state index in [4.69, 9.17) is 0 Å². The van der Waals surface area contributed by atoms with Crippen LogP contribution in [0.25, 0.3) is 0 Å². The molecule has 1 N–H and O–H groups in total. The molecule has 0 saturated heterocycles. The van der Waals surface area contributed by atoms with Crippen molar-refractivity contribution < 1.29 is 5.11 Å². The molecule has 4 rings (SSSR count). The Morgan fingerprint density at radius 1 is 0.656 bits per heavy atom. The summed E-state index contributed by atoms with van der Waals surface area (Å²) in [5.74, 6) is 14.1. The number of hydrogen-bond donors (Lipinski definition) is 1. The lowest BCUT2D eigenvalue weighted by Crippen LogP contribution is -2.06. The van der Waals surface area contributed by atoms with Gasteiger partial charge in [0.2, 0.25) is 0 Å². The molecule has 1 nitrogen and oxygen atoms in total. The Bertz CT molecular complexity index is 1120. The lowest BCUT2D eigenvalue weighted by atomic mass is 9.81. The van der Waals surface area contributed by atoms with Crippen molar-refractivity contribution in [3.8, 4) is 29.4 Å². The number of phenols is 1. The zero-order valence-corrected chi connectivity index (χ0v) is 19.4. The highest BCUT2D eigenvalue weighted by atomic mass is 16.3. The molecule has 0 bridgehead atoms. The average molecular weight is 421 g/mol. The predicted octanol–water partition coefficient (Wildman–Crippen LogP) is 7.57. The minimum Gasteiger partial charge on any atom is -0.508 e. The van der Waals surface area contributed by atoms with E-state index >= 15 is 0 Å². The molecule has 1 aliphatic rings. The molecule has 0 spiro atoms. The van der Waals surface area contributed by atoms with Gasteiger partial charge in [-0.2, -0.15) is 0 Å². The van der Waals surface area contributed by atoms with Crippen LogP contribution in [0.2, 0.25) is 0 Å². The average Bonchev–Trinajstić information content (AvgIpc) is 2.85. The fourth-order valence-corrected chi connectivity index (χ4v) is 3.97. The SMILES string of the molecule is CC.Cc1ccc(C#Cc2ccc(C#Cc3ccc(O)cc3)c(C3CCCCC3)c2)cc1. The second kappa shape index (κ2) is 11.8. The van der Waals surface area contributed by atoms with E-state index in [1.54, 1.807) is 12.1 Å². The summed E-state index contributed by atoms with van der Waals surface area (Å²) in [6.45, 7) is 6.09. The van der Waals surface area contributed by atoms with Gasteiger partial charge < -0.3 is 5.11 Å². The predicted molar refractivity (Wildman–Crippen MR) is 135 cm³/mol. The molecule has 0 heterocycles. The highest BCUT2D eigenvalue weighted by molar-refractivity contribution is 5.53. The van der Waals surface area contributed by atoms with Crippen molar-refractivity contribution in [3.63, 3.8) is 0 Å². The summed E-state index contributed by atoms with van der Waals surface area (Å²) >= 11 is 0. The summed E-state index contributed by atoms with van der Waals surface area (Å²) < 4.78 is 0. The fourth-order valence-electron chi connectivity index (χ4n) is 3.97. The molecule has 1 fully saturated rings. The largest absolute Gasteiger partial charge is 0.508 e. The summed E-state index contributed by atoms with van der Waals surface area (Å²) in [6, 6.07) is 21.8.